The summed E-state index contributed by atoms with van der Waals surface area (Å²) in [7, 11) is 0. The summed E-state index contributed by atoms with van der Waals surface area (Å²) >= 11 is 0. The van der Waals surface area contributed by atoms with Crippen LogP contribution < -0.4 is 4.90 Å². The van der Waals surface area contributed by atoms with Crippen molar-refractivity contribution in [2.75, 3.05) is 4.90 Å². The molecule has 0 spiro atoms. The van der Waals surface area contributed by atoms with Crippen molar-refractivity contribution in [1.82, 2.24) is 9.61 Å². The van der Waals surface area contributed by atoms with Crippen LogP contribution in [0.5, 0.6) is 0 Å². The highest BCUT2D eigenvalue weighted by molar-refractivity contribution is 6.10. The van der Waals surface area contributed by atoms with Gasteiger partial charge in [0.05, 0.1) is 22.6 Å². The standard InChI is InChI=1S/C62H45N3/c1-62(2)53-34-19-17-33-52(53)59-54(62)35-21-37-56(59)64(55-36-20-18-32-51(55)50-31-16-15-30-48(50)42-22-7-3-8-23-42)47-38-39-49-46(40-47)41-57(43-24-9-4-10-25-43)65-61(49)58(44-26-11-5-12-27-44)60(63-65)45-28-13-6-14-29-45/h3-41H,1-2H3. The molecule has 0 fully saturated rings. The van der Waals surface area contributed by atoms with Crippen LogP contribution >= 0.6 is 0 Å². The molecule has 308 valence electrons. The Bertz CT molecular complexity index is 3550. The summed E-state index contributed by atoms with van der Waals surface area (Å²) in [6.07, 6.45) is 0. The molecule has 2 heterocycles. The van der Waals surface area contributed by atoms with E-state index in [0.29, 0.717) is 0 Å². The molecule has 3 nitrogen and oxygen atoms in total. The summed E-state index contributed by atoms with van der Waals surface area (Å²) in [5, 5.41) is 7.76. The number of anilines is 3. The van der Waals surface area contributed by atoms with Crippen LogP contribution in [0.25, 0.3) is 83.3 Å². The molecule has 11 aromatic rings. The van der Waals surface area contributed by atoms with Gasteiger partial charge in [-0.15, -0.1) is 0 Å². The first-order valence-electron chi connectivity index (χ1n) is 22.5. The van der Waals surface area contributed by atoms with Crippen LogP contribution in [0.3, 0.4) is 0 Å². The fourth-order valence-electron chi connectivity index (χ4n) is 10.4. The molecular formula is C62H45N3. The first kappa shape index (κ1) is 38.4. The molecule has 0 radical (unpaired) electrons. The predicted octanol–water partition coefficient (Wildman–Crippen LogP) is 16.6. The topological polar surface area (TPSA) is 20.5 Å². The summed E-state index contributed by atoms with van der Waals surface area (Å²) in [6, 6.07) is 85.8. The van der Waals surface area contributed by atoms with Crippen molar-refractivity contribution in [3.63, 3.8) is 0 Å². The number of hydrogen-bond donors (Lipinski definition) is 0. The zero-order chi connectivity index (χ0) is 43.5. The predicted molar refractivity (Wildman–Crippen MR) is 272 cm³/mol. The average molecular weight is 832 g/mol. The molecule has 0 saturated carbocycles. The van der Waals surface area contributed by atoms with Gasteiger partial charge in [-0.1, -0.05) is 220 Å². The Morgan fingerprint density at radius 1 is 0.400 bits per heavy atom. The van der Waals surface area contributed by atoms with Crippen LogP contribution in [0.2, 0.25) is 0 Å². The van der Waals surface area contributed by atoms with E-state index in [9.17, 15) is 0 Å². The van der Waals surface area contributed by atoms with Gasteiger partial charge in [-0.2, -0.15) is 5.10 Å². The van der Waals surface area contributed by atoms with Crippen molar-refractivity contribution in [2.24, 2.45) is 0 Å². The number of benzene rings is 9. The Morgan fingerprint density at radius 3 is 1.65 bits per heavy atom. The molecule has 0 aliphatic heterocycles. The number of rotatable bonds is 8. The highest BCUT2D eigenvalue weighted by atomic mass is 15.2. The molecule has 1 aliphatic carbocycles. The largest absolute Gasteiger partial charge is 0.309 e. The second kappa shape index (κ2) is 15.5. The third kappa shape index (κ3) is 6.31. The van der Waals surface area contributed by atoms with E-state index in [1.54, 1.807) is 0 Å². The Kier molecular flexibility index (Phi) is 9.17. The minimum absolute atomic E-state index is 0.168. The quantitative estimate of drug-likeness (QED) is 0.152. The van der Waals surface area contributed by atoms with Gasteiger partial charge in [0, 0.05) is 44.3 Å². The van der Waals surface area contributed by atoms with Gasteiger partial charge in [0.2, 0.25) is 0 Å². The highest BCUT2D eigenvalue weighted by Crippen LogP contribution is 2.55. The SMILES string of the molecule is CC1(C)c2ccccc2-c2c(N(c3ccc4c(c3)cc(-c3ccccc3)n3nc(-c5ccccc5)c(-c5ccccc5)c43)c3ccccc3-c3ccccc3-c3ccccc3)cccc21. The third-order valence-corrected chi connectivity index (χ3v) is 13.4. The maximum atomic E-state index is 5.50. The van der Waals surface area contributed by atoms with Gasteiger partial charge in [0.15, 0.2) is 0 Å². The lowest BCUT2D eigenvalue weighted by atomic mass is 9.82. The van der Waals surface area contributed by atoms with E-state index in [4.69, 9.17) is 5.10 Å². The Hall–Kier alpha value is -8.27. The van der Waals surface area contributed by atoms with Crippen LogP contribution in [-0.2, 0) is 5.41 Å². The van der Waals surface area contributed by atoms with Crippen molar-refractivity contribution in [1.29, 1.82) is 0 Å². The van der Waals surface area contributed by atoms with E-state index in [1.165, 1.54) is 38.9 Å². The number of hydrogen-bond acceptors (Lipinski definition) is 2. The van der Waals surface area contributed by atoms with E-state index in [0.717, 1.165) is 72.6 Å². The third-order valence-electron chi connectivity index (χ3n) is 13.4. The molecular weight excluding hydrogens is 787 g/mol. The van der Waals surface area contributed by atoms with E-state index >= 15 is 0 Å². The van der Waals surface area contributed by atoms with Gasteiger partial charge in [-0.25, -0.2) is 4.52 Å². The van der Waals surface area contributed by atoms with Gasteiger partial charge in [0.25, 0.3) is 0 Å². The second-order valence-corrected chi connectivity index (χ2v) is 17.5. The first-order valence-corrected chi connectivity index (χ1v) is 22.5. The summed E-state index contributed by atoms with van der Waals surface area (Å²) in [6.45, 7) is 4.73. The van der Waals surface area contributed by atoms with Crippen LogP contribution in [0.1, 0.15) is 25.0 Å². The molecule has 12 rings (SSSR count). The summed E-state index contributed by atoms with van der Waals surface area (Å²) in [5.41, 5.74) is 20.6. The molecule has 0 atom stereocenters. The Balaban J connectivity index is 1.17. The molecule has 0 amide bonds. The average Bonchev–Trinajstić information content (AvgIpc) is 3.89. The van der Waals surface area contributed by atoms with E-state index in [2.05, 4.69) is 260 Å². The number of pyridine rings is 1. The number of aromatic nitrogens is 2. The summed E-state index contributed by atoms with van der Waals surface area (Å²) in [4.78, 5) is 2.52. The molecule has 0 saturated heterocycles. The fraction of sp³-hybridized carbons (Fsp3) is 0.0484. The van der Waals surface area contributed by atoms with Crippen LogP contribution in [-0.4, -0.2) is 9.61 Å². The number of para-hydroxylation sites is 1. The van der Waals surface area contributed by atoms with Crippen molar-refractivity contribution in [3.05, 3.63) is 248 Å². The van der Waals surface area contributed by atoms with E-state index in [-0.39, 0.29) is 5.41 Å². The molecule has 1 aliphatic rings. The van der Waals surface area contributed by atoms with Crippen LogP contribution in [0, 0.1) is 0 Å². The lowest BCUT2D eigenvalue weighted by molar-refractivity contribution is 0.660. The molecule has 0 unspecified atom stereocenters. The molecule has 3 heteroatoms. The Labute approximate surface area is 380 Å². The van der Waals surface area contributed by atoms with Gasteiger partial charge in [-0.05, 0) is 74.7 Å². The van der Waals surface area contributed by atoms with E-state index < -0.39 is 0 Å². The van der Waals surface area contributed by atoms with Crippen LogP contribution in [0.15, 0.2) is 237 Å². The van der Waals surface area contributed by atoms with E-state index in [1.807, 2.05) is 0 Å². The Morgan fingerprint density at radius 2 is 0.938 bits per heavy atom. The van der Waals surface area contributed by atoms with Crippen molar-refractivity contribution in [3.8, 4) is 67.0 Å². The van der Waals surface area contributed by atoms with Crippen molar-refractivity contribution >= 4 is 33.4 Å². The van der Waals surface area contributed by atoms with Gasteiger partial charge in [0.1, 0.15) is 5.69 Å². The normalized spacial score (nSPS) is 12.6. The maximum absolute atomic E-state index is 5.50. The zero-order valence-corrected chi connectivity index (χ0v) is 36.4. The lowest BCUT2D eigenvalue weighted by Gasteiger charge is -2.31. The maximum Gasteiger partial charge on any atom is 0.101 e. The molecule has 2 aromatic heterocycles. The summed E-state index contributed by atoms with van der Waals surface area (Å²) in [5.74, 6) is 0. The molecule has 0 N–H and O–H groups in total. The van der Waals surface area contributed by atoms with Crippen molar-refractivity contribution in [2.45, 2.75) is 19.3 Å². The minimum atomic E-state index is -0.168. The monoisotopic (exact) mass is 831 g/mol. The zero-order valence-electron chi connectivity index (χ0n) is 36.4. The number of nitrogens with zero attached hydrogens (tertiary/aromatic N) is 3. The van der Waals surface area contributed by atoms with Crippen LogP contribution in [0.4, 0.5) is 17.1 Å². The highest BCUT2D eigenvalue weighted by Gasteiger charge is 2.38. The van der Waals surface area contributed by atoms with Gasteiger partial charge >= 0.3 is 0 Å². The van der Waals surface area contributed by atoms with Crippen molar-refractivity contribution < 1.29 is 0 Å². The molecule has 0 bridgehead atoms. The molecule has 65 heavy (non-hydrogen) atoms. The number of fused-ring (bicyclic) bond motifs is 6. The van der Waals surface area contributed by atoms with Gasteiger partial charge in [-0.3, -0.25) is 0 Å². The second-order valence-electron chi connectivity index (χ2n) is 17.5. The fourth-order valence-corrected chi connectivity index (χ4v) is 10.4. The molecule has 9 aromatic carbocycles. The first-order chi connectivity index (χ1) is 32.0. The minimum Gasteiger partial charge on any atom is -0.309 e. The van der Waals surface area contributed by atoms with Gasteiger partial charge < -0.3 is 4.90 Å². The lowest BCUT2D eigenvalue weighted by Crippen LogP contribution is -2.16. The smallest absolute Gasteiger partial charge is 0.101 e. The summed E-state index contributed by atoms with van der Waals surface area (Å²) < 4.78 is 2.18.